The summed E-state index contributed by atoms with van der Waals surface area (Å²) in [6, 6.07) is 0.443. The molecule has 24 heavy (non-hydrogen) atoms. The minimum Gasteiger partial charge on any atom is -0.383 e. The molecule has 1 amide bonds. The highest BCUT2D eigenvalue weighted by atomic mass is 16.5. The van der Waals surface area contributed by atoms with Gasteiger partial charge in [0, 0.05) is 45.2 Å². The maximum Gasteiger partial charge on any atom is 0.225 e. The third-order valence-corrected chi connectivity index (χ3v) is 6.25. The minimum absolute atomic E-state index is 0.270. The number of rotatable bonds is 4. The molecule has 1 saturated carbocycles. The van der Waals surface area contributed by atoms with Crippen LogP contribution in [-0.4, -0.2) is 74.4 Å². The van der Waals surface area contributed by atoms with Crippen molar-refractivity contribution in [3.63, 3.8) is 0 Å². The number of fused-ring (bicyclic) bond motifs is 1. The first-order valence-electron chi connectivity index (χ1n) is 9.82. The van der Waals surface area contributed by atoms with E-state index in [2.05, 4.69) is 16.7 Å². The number of carbonyl (C=O) groups is 1. The van der Waals surface area contributed by atoms with Crippen LogP contribution in [0.5, 0.6) is 0 Å². The lowest BCUT2D eigenvalue weighted by molar-refractivity contribution is -0.136. The largest absolute Gasteiger partial charge is 0.383 e. The van der Waals surface area contributed by atoms with Crippen LogP contribution in [0.4, 0.5) is 0 Å². The van der Waals surface area contributed by atoms with Gasteiger partial charge in [-0.25, -0.2) is 0 Å². The van der Waals surface area contributed by atoms with E-state index in [0.717, 1.165) is 71.0 Å². The fraction of sp³-hybridized carbons (Fsp3) is 0.947. The molecule has 138 valence electrons. The molecular weight excluding hydrogens is 304 g/mol. The number of hydrogen-bond acceptors (Lipinski definition) is 4. The molecule has 0 aromatic heterocycles. The van der Waals surface area contributed by atoms with Crippen LogP contribution in [0.15, 0.2) is 0 Å². The van der Waals surface area contributed by atoms with Gasteiger partial charge >= 0.3 is 0 Å². The molecule has 0 aromatic carbocycles. The summed E-state index contributed by atoms with van der Waals surface area (Å²) in [6.45, 7) is 7.59. The average Bonchev–Trinajstić information content (AvgIpc) is 2.83. The summed E-state index contributed by atoms with van der Waals surface area (Å²) < 4.78 is 11.3. The third-order valence-electron chi connectivity index (χ3n) is 6.25. The highest BCUT2D eigenvalue weighted by Gasteiger charge is 2.36. The Hall–Kier alpha value is -0.650. The van der Waals surface area contributed by atoms with Crippen molar-refractivity contribution in [2.45, 2.75) is 57.6 Å². The predicted molar refractivity (Wildman–Crippen MR) is 93.9 cm³/mol. The Bertz CT molecular complexity index is 409. The molecule has 2 heterocycles. The summed E-state index contributed by atoms with van der Waals surface area (Å²) in [5.74, 6) is 1.47. The maximum absolute atomic E-state index is 12.9. The van der Waals surface area contributed by atoms with E-state index in [9.17, 15) is 4.79 Å². The van der Waals surface area contributed by atoms with Crippen LogP contribution in [0.1, 0.15) is 45.4 Å². The van der Waals surface area contributed by atoms with Gasteiger partial charge in [-0.15, -0.1) is 0 Å². The van der Waals surface area contributed by atoms with Crippen molar-refractivity contribution >= 4 is 5.91 Å². The smallest absolute Gasteiger partial charge is 0.225 e. The molecular formula is C19H34N2O3. The van der Waals surface area contributed by atoms with Crippen LogP contribution in [0, 0.1) is 11.8 Å². The van der Waals surface area contributed by atoms with Gasteiger partial charge in [0.15, 0.2) is 0 Å². The molecule has 0 spiro atoms. The number of ether oxygens (including phenoxy) is 2. The van der Waals surface area contributed by atoms with Gasteiger partial charge in [-0.2, -0.15) is 0 Å². The summed E-state index contributed by atoms with van der Waals surface area (Å²) in [7, 11) is 1.76. The van der Waals surface area contributed by atoms with Crippen LogP contribution in [0.25, 0.3) is 0 Å². The molecule has 0 radical (unpaired) electrons. The van der Waals surface area contributed by atoms with Crippen molar-refractivity contribution in [1.29, 1.82) is 0 Å². The molecule has 2 saturated heterocycles. The Balaban J connectivity index is 1.56. The Kier molecular flexibility index (Phi) is 6.53. The van der Waals surface area contributed by atoms with Crippen molar-refractivity contribution in [2.24, 2.45) is 11.8 Å². The van der Waals surface area contributed by atoms with Gasteiger partial charge in [0.05, 0.1) is 19.3 Å². The molecule has 2 atom stereocenters. The van der Waals surface area contributed by atoms with Crippen LogP contribution in [0.3, 0.4) is 0 Å². The number of methoxy groups -OCH3 is 1. The summed E-state index contributed by atoms with van der Waals surface area (Å²) in [6.07, 6.45) is 6.87. The van der Waals surface area contributed by atoms with E-state index in [4.69, 9.17) is 9.47 Å². The number of likely N-dealkylation sites (tertiary alicyclic amines) is 1. The summed E-state index contributed by atoms with van der Waals surface area (Å²) in [5, 5.41) is 0. The first-order chi connectivity index (χ1) is 11.7. The molecule has 0 bridgehead atoms. The first-order valence-corrected chi connectivity index (χ1v) is 9.82. The lowest BCUT2D eigenvalue weighted by Crippen LogP contribution is -2.52. The van der Waals surface area contributed by atoms with Crippen molar-refractivity contribution in [2.75, 3.05) is 46.5 Å². The van der Waals surface area contributed by atoms with Crippen molar-refractivity contribution in [3.05, 3.63) is 0 Å². The number of hydrogen-bond donors (Lipinski definition) is 0. The Morgan fingerprint density at radius 1 is 1.08 bits per heavy atom. The maximum atomic E-state index is 12.9. The predicted octanol–water partition coefficient (Wildman–Crippen LogP) is 2.15. The Labute approximate surface area is 146 Å². The second-order valence-electron chi connectivity index (χ2n) is 7.86. The lowest BCUT2D eigenvalue weighted by Gasteiger charge is -2.40. The van der Waals surface area contributed by atoms with E-state index in [1.165, 1.54) is 12.8 Å². The number of carbonyl (C=O) groups excluding carboxylic acids is 1. The van der Waals surface area contributed by atoms with Crippen LogP contribution < -0.4 is 0 Å². The second kappa shape index (κ2) is 8.63. The normalized spacial score (nSPS) is 35.3. The molecule has 0 N–H and O–H groups in total. The second-order valence-corrected chi connectivity index (χ2v) is 7.86. The summed E-state index contributed by atoms with van der Waals surface area (Å²) in [5.41, 5.74) is 0. The lowest BCUT2D eigenvalue weighted by atomic mass is 9.82. The van der Waals surface area contributed by atoms with E-state index >= 15 is 0 Å². The van der Waals surface area contributed by atoms with Crippen molar-refractivity contribution < 1.29 is 14.3 Å². The van der Waals surface area contributed by atoms with E-state index in [-0.39, 0.29) is 12.0 Å². The fourth-order valence-corrected chi connectivity index (χ4v) is 4.63. The number of morpholine rings is 1. The molecule has 3 rings (SSSR count). The van der Waals surface area contributed by atoms with Crippen LogP contribution in [0.2, 0.25) is 0 Å². The summed E-state index contributed by atoms with van der Waals surface area (Å²) in [4.78, 5) is 17.6. The molecule has 5 heteroatoms. The number of nitrogens with zero attached hydrogens (tertiary/aromatic N) is 2. The minimum atomic E-state index is 0.270. The SMILES string of the molecule is COCCN1CCOC2CCN(C(=O)C3CCC(C)CC3)CCC21. The van der Waals surface area contributed by atoms with Gasteiger partial charge < -0.3 is 14.4 Å². The van der Waals surface area contributed by atoms with Gasteiger partial charge in [-0.3, -0.25) is 9.69 Å². The standard InChI is InChI=1S/C19H34N2O3/c1-15-3-5-16(6-4-15)19(22)21-9-7-17-18(8-10-21)24-14-12-20(17)11-13-23-2/h15-18H,3-14H2,1-2H3. The molecule has 0 aromatic rings. The molecule has 2 unspecified atom stereocenters. The van der Waals surface area contributed by atoms with E-state index < -0.39 is 0 Å². The van der Waals surface area contributed by atoms with Gasteiger partial charge in [0.1, 0.15) is 0 Å². The van der Waals surface area contributed by atoms with Crippen LogP contribution in [-0.2, 0) is 14.3 Å². The van der Waals surface area contributed by atoms with Gasteiger partial charge in [0.2, 0.25) is 5.91 Å². The average molecular weight is 338 g/mol. The molecule has 3 fully saturated rings. The van der Waals surface area contributed by atoms with Gasteiger partial charge in [-0.05, 0) is 44.4 Å². The van der Waals surface area contributed by atoms with Gasteiger partial charge in [-0.1, -0.05) is 6.92 Å². The first kappa shape index (κ1) is 18.2. The van der Waals surface area contributed by atoms with Gasteiger partial charge in [0.25, 0.3) is 0 Å². The molecule has 2 aliphatic heterocycles. The van der Waals surface area contributed by atoms with Crippen molar-refractivity contribution in [3.8, 4) is 0 Å². The zero-order chi connectivity index (χ0) is 16.9. The molecule has 1 aliphatic carbocycles. The monoisotopic (exact) mass is 338 g/mol. The summed E-state index contributed by atoms with van der Waals surface area (Å²) >= 11 is 0. The third kappa shape index (κ3) is 4.30. The molecule has 5 nitrogen and oxygen atoms in total. The highest BCUT2D eigenvalue weighted by Crippen LogP contribution is 2.31. The Morgan fingerprint density at radius 2 is 1.83 bits per heavy atom. The van der Waals surface area contributed by atoms with Crippen molar-refractivity contribution in [1.82, 2.24) is 9.80 Å². The van der Waals surface area contributed by atoms with Crippen LogP contribution >= 0.6 is 0 Å². The van der Waals surface area contributed by atoms with E-state index in [1.54, 1.807) is 7.11 Å². The quantitative estimate of drug-likeness (QED) is 0.788. The molecule has 3 aliphatic rings. The van der Waals surface area contributed by atoms with E-state index in [1.807, 2.05) is 0 Å². The zero-order valence-electron chi connectivity index (χ0n) is 15.4. The zero-order valence-corrected chi connectivity index (χ0v) is 15.4. The fourth-order valence-electron chi connectivity index (χ4n) is 4.63. The van der Waals surface area contributed by atoms with E-state index in [0.29, 0.717) is 11.9 Å². The Morgan fingerprint density at radius 3 is 2.58 bits per heavy atom. The highest BCUT2D eigenvalue weighted by molar-refractivity contribution is 5.79. The number of amides is 1. The topological polar surface area (TPSA) is 42.0 Å².